The Kier molecular flexibility index (Phi) is 4.69. The van der Waals surface area contributed by atoms with Crippen LogP contribution in [0, 0.1) is 0 Å². The molecule has 1 unspecified atom stereocenters. The molecule has 1 aromatic rings. The number of carbonyl (C=O) groups excluding carboxylic acids is 1. The zero-order valence-electron chi connectivity index (χ0n) is 9.18. The molecule has 0 aliphatic heterocycles. The second-order valence-electron chi connectivity index (χ2n) is 3.56. The highest BCUT2D eigenvalue weighted by Gasteiger charge is 2.17. The first-order valence-corrected chi connectivity index (χ1v) is 5.63. The lowest BCUT2D eigenvalue weighted by molar-refractivity contribution is -0.129. The van der Waals surface area contributed by atoms with E-state index in [1.54, 1.807) is 11.9 Å². The summed E-state index contributed by atoms with van der Waals surface area (Å²) in [5.74, 6) is 0.0877. The average molecular weight is 223 g/mol. The van der Waals surface area contributed by atoms with E-state index in [2.05, 4.69) is 12.6 Å². The quantitative estimate of drug-likeness (QED) is 0.774. The van der Waals surface area contributed by atoms with Gasteiger partial charge in [0, 0.05) is 13.6 Å². The summed E-state index contributed by atoms with van der Waals surface area (Å²) in [6, 6.07) is 9.95. The number of hydrogen-bond donors (Lipinski definition) is 1. The van der Waals surface area contributed by atoms with E-state index < -0.39 is 0 Å². The Labute approximate surface area is 96.7 Å². The van der Waals surface area contributed by atoms with Crippen molar-refractivity contribution in [2.24, 2.45) is 0 Å². The Balaban J connectivity index is 2.56. The molecule has 0 aliphatic carbocycles. The highest BCUT2D eigenvalue weighted by atomic mass is 32.1. The maximum absolute atomic E-state index is 11.7. The standard InChI is InChI=1S/C12H17NOS/c1-3-13(2)12(14)11(15)9-10-7-5-4-6-8-10/h4-8,11,15H,3,9H2,1-2H3. The second kappa shape index (κ2) is 5.81. The largest absolute Gasteiger partial charge is 0.345 e. The van der Waals surface area contributed by atoms with Crippen LogP contribution in [0.5, 0.6) is 0 Å². The van der Waals surface area contributed by atoms with Gasteiger partial charge in [-0.25, -0.2) is 0 Å². The van der Waals surface area contributed by atoms with Gasteiger partial charge in [0.1, 0.15) is 0 Å². The van der Waals surface area contributed by atoms with Gasteiger partial charge < -0.3 is 4.90 Å². The number of thiol groups is 1. The van der Waals surface area contributed by atoms with Crippen molar-refractivity contribution in [3.63, 3.8) is 0 Å². The number of rotatable bonds is 4. The van der Waals surface area contributed by atoms with Gasteiger partial charge in [-0.3, -0.25) is 4.79 Å². The summed E-state index contributed by atoms with van der Waals surface area (Å²) < 4.78 is 0. The number of benzene rings is 1. The van der Waals surface area contributed by atoms with Gasteiger partial charge in [-0.1, -0.05) is 30.3 Å². The van der Waals surface area contributed by atoms with Gasteiger partial charge >= 0.3 is 0 Å². The summed E-state index contributed by atoms with van der Waals surface area (Å²) in [6.45, 7) is 2.69. The van der Waals surface area contributed by atoms with Crippen molar-refractivity contribution < 1.29 is 4.79 Å². The van der Waals surface area contributed by atoms with E-state index in [9.17, 15) is 4.79 Å². The zero-order chi connectivity index (χ0) is 11.3. The number of nitrogens with zero attached hydrogens (tertiary/aromatic N) is 1. The minimum atomic E-state index is -0.239. The molecule has 0 fully saturated rings. The van der Waals surface area contributed by atoms with Crippen LogP contribution in [-0.2, 0) is 11.2 Å². The Bertz CT molecular complexity index is 313. The molecule has 15 heavy (non-hydrogen) atoms. The first-order chi connectivity index (χ1) is 7.15. The predicted molar refractivity (Wildman–Crippen MR) is 66.2 cm³/mol. The number of carbonyl (C=O) groups is 1. The summed E-state index contributed by atoms with van der Waals surface area (Å²) in [7, 11) is 1.80. The van der Waals surface area contributed by atoms with Crippen molar-refractivity contribution in [2.75, 3.05) is 13.6 Å². The van der Waals surface area contributed by atoms with E-state index in [1.807, 2.05) is 37.3 Å². The molecule has 0 saturated carbocycles. The van der Waals surface area contributed by atoms with Gasteiger partial charge in [0.25, 0.3) is 0 Å². The molecular weight excluding hydrogens is 206 g/mol. The molecule has 0 aliphatic rings. The fraction of sp³-hybridized carbons (Fsp3) is 0.417. The number of hydrogen-bond acceptors (Lipinski definition) is 2. The van der Waals surface area contributed by atoms with Crippen LogP contribution in [0.15, 0.2) is 30.3 Å². The smallest absolute Gasteiger partial charge is 0.235 e. The van der Waals surface area contributed by atoms with Crippen molar-refractivity contribution in [3.05, 3.63) is 35.9 Å². The molecule has 82 valence electrons. The minimum absolute atomic E-state index is 0.0877. The van der Waals surface area contributed by atoms with Gasteiger partial charge in [0.2, 0.25) is 5.91 Å². The Morgan fingerprint density at radius 3 is 2.53 bits per heavy atom. The Morgan fingerprint density at radius 2 is 2.00 bits per heavy atom. The molecule has 0 saturated heterocycles. The van der Waals surface area contributed by atoms with Crippen molar-refractivity contribution in [2.45, 2.75) is 18.6 Å². The normalized spacial score (nSPS) is 12.2. The summed E-state index contributed by atoms with van der Waals surface area (Å²) in [5.41, 5.74) is 1.15. The van der Waals surface area contributed by atoms with E-state index in [0.29, 0.717) is 6.42 Å². The van der Waals surface area contributed by atoms with Crippen LogP contribution < -0.4 is 0 Å². The molecule has 1 amide bonds. The maximum atomic E-state index is 11.7. The third kappa shape index (κ3) is 3.59. The van der Waals surface area contributed by atoms with Gasteiger partial charge in [-0.15, -0.1) is 0 Å². The molecule has 0 N–H and O–H groups in total. The van der Waals surface area contributed by atoms with Crippen molar-refractivity contribution in [1.82, 2.24) is 4.90 Å². The molecule has 3 heteroatoms. The molecule has 1 atom stereocenters. The van der Waals surface area contributed by atoms with E-state index >= 15 is 0 Å². The Morgan fingerprint density at radius 1 is 1.40 bits per heavy atom. The number of amides is 1. The summed E-state index contributed by atoms with van der Waals surface area (Å²) >= 11 is 4.34. The first kappa shape index (κ1) is 12.1. The van der Waals surface area contributed by atoms with Gasteiger partial charge in [0.15, 0.2) is 0 Å². The predicted octanol–water partition coefficient (Wildman–Crippen LogP) is 2.01. The van der Waals surface area contributed by atoms with E-state index in [-0.39, 0.29) is 11.2 Å². The highest BCUT2D eigenvalue weighted by molar-refractivity contribution is 7.81. The van der Waals surface area contributed by atoms with Gasteiger partial charge in [-0.05, 0) is 18.9 Å². The molecule has 0 aromatic heterocycles. The molecular formula is C12H17NOS. The fourth-order valence-electron chi connectivity index (χ4n) is 1.33. The van der Waals surface area contributed by atoms with Crippen molar-refractivity contribution >= 4 is 18.5 Å². The molecule has 1 rings (SSSR count). The van der Waals surface area contributed by atoms with Crippen molar-refractivity contribution in [3.8, 4) is 0 Å². The molecule has 2 nitrogen and oxygen atoms in total. The van der Waals surface area contributed by atoms with Crippen LogP contribution in [0.3, 0.4) is 0 Å². The lowest BCUT2D eigenvalue weighted by Crippen LogP contribution is -2.34. The SMILES string of the molecule is CCN(C)C(=O)C(S)Cc1ccccc1. The van der Waals surface area contributed by atoms with E-state index in [0.717, 1.165) is 12.1 Å². The van der Waals surface area contributed by atoms with E-state index in [4.69, 9.17) is 0 Å². The Hall–Kier alpha value is -0.960. The summed E-state index contributed by atoms with van der Waals surface area (Å²) in [4.78, 5) is 13.4. The fourth-order valence-corrected chi connectivity index (χ4v) is 1.74. The summed E-state index contributed by atoms with van der Waals surface area (Å²) in [6.07, 6.45) is 0.688. The molecule has 0 radical (unpaired) electrons. The average Bonchev–Trinajstić information content (AvgIpc) is 2.28. The highest BCUT2D eigenvalue weighted by Crippen LogP contribution is 2.09. The second-order valence-corrected chi connectivity index (χ2v) is 4.18. The molecule has 0 spiro atoms. The maximum Gasteiger partial charge on any atom is 0.235 e. The van der Waals surface area contributed by atoms with Crippen LogP contribution in [0.25, 0.3) is 0 Å². The lowest BCUT2D eigenvalue weighted by atomic mass is 10.1. The van der Waals surface area contributed by atoms with E-state index in [1.165, 1.54) is 0 Å². The zero-order valence-corrected chi connectivity index (χ0v) is 10.1. The van der Waals surface area contributed by atoms with Crippen LogP contribution >= 0.6 is 12.6 Å². The van der Waals surface area contributed by atoms with Crippen LogP contribution in [0.4, 0.5) is 0 Å². The molecule has 0 bridgehead atoms. The lowest BCUT2D eigenvalue weighted by Gasteiger charge is -2.19. The van der Waals surface area contributed by atoms with Crippen molar-refractivity contribution in [1.29, 1.82) is 0 Å². The van der Waals surface area contributed by atoms with Gasteiger partial charge in [-0.2, -0.15) is 12.6 Å². The van der Waals surface area contributed by atoms with Crippen LogP contribution in [0.2, 0.25) is 0 Å². The first-order valence-electron chi connectivity index (χ1n) is 5.12. The summed E-state index contributed by atoms with van der Waals surface area (Å²) in [5, 5.41) is -0.239. The van der Waals surface area contributed by atoms with Crippen LogP contribution in [0.1, 0.15) is 12.5 Å². The topological polar surface area (TPSA) is 20.3 Å². The molecule has 0 heterocycles. The monoisotopic (exact) mass is 223 g/mol. The van der Waals surface area contributed by atoms with Crippen LogP contribution in [-0.4, -0.2) is 29.6 Å². The van der Waals surface area contributed by atoms with Gasteiger partial charge in [0.05, 0.1) is 5.25 Å². The minimum Gasteiger partial charge on any atom is -0.345 e. The third-order valence-corrected chi connectivity index (χ3v) is 2.81. The third-order valence-electron chi connectivity index (χ3n) is 2.41. The molecule has 1 aromatic carbocycles.